The molecular weight excluding hydrogens is 306 g/mol. The summed E-state index contributed by atoms with van der Waals surface area (Å²) in [4.78, 5) is 23.9. The van der Waals surface area contributed by atoms with Crippen LogP contribution in [0.4, 0.5) is 0 Å². The number of carbonyl (C=O) groups excluding carboxylic acids is 2. The van der Waals surface area contributed by atoms with Crippen LogP contribution in [0.3, 0.4) is 0 Å². The molecule has 0 saturated heterocycles. The molecule has 0 amide bonds. The number of esters is 1. The molecule has 0 bridgehead atoms. The number of rotatable bonds is 7. The molecule has 5 heteroatoms. The summed E-state index contributed by atoms with van der Waals surface area (Å²) in [5.41, 5.74) is 2.91. The number of nitrogens with zero attached hydrogens (tertiary/aromatic N) is 1. The Morgan fingerprint density at radius 1 is 1.25 bits per heavy atom. The first-order chi connectivity index (χ1) is 11.5. The SMILES string of the molecule is C=CCn1c(C)cc(C(=O)COc2cccc(C(=O)OC)c2)c1C. The monoisotopic (exact) mass is 327 g/mol. The number of methoxy groups -OCH3 is 1. The molecule has 24 heavy (non-hydrogen) atoms. The molecule has 0 fully saturated rings. The predicted molar refractivity (Wildman–Crippen MR) is 91.7 cm³/mol. The van der Waals surface area contributed by atoms with E-state index in [0.717, 1.165) is 11.4 Å². The fourth-order valence-electron chi connectivity index (χ4n) is 2.55. The molecule has 126 valence electrons. The minimum Gasteiger partial charge on any atom is -0.485 e. The number of ether oxygens (including phenoxy) is 2. The number of allylic oxidation sites excluding steroid dienone is 1. The third-order valence-electron chi connectivity index (χ3n) is 3.81. The van der Waals surface area contributed by atoms with Crippen molar-refractivity contribution in [1.29, 1.82) is 0 Å². The number of ketones is 1. The van der Waals surface area contributed by atoms with E-state index in [4.69, 9.17) is 4.74 Å². The van der Waals surface area contributed by atoms with E-state index < -0.39 is 5.97 Å². The maximum absolute atomic E-state index is 12.4. The fraction of sp³-hybridized carbons (Fsp3) is 0.263. The number of hydrogen-bond donors (Lipinski definition) is 0. The summed E-state index contributed by atoms with van der Waals surface area (Å²) in [6, 6.07) is 8.42. The van der Waals surface area contributed by atoms with E-state index in [0.29, 0.717) is 23.4 Å². The molecule has 0 aliphatic carbocycles. The van der Waals surface area contributed by atoms with Gasteiger partial charge in [-0.05, 0) is 38.1 Å². The average Bonchev–Trinajstić information content (AvgIpc) is 2.88. The van der Waals surface area contributed by atoms with Crippen LogP contribution in [0.1, 0.15) is 32.1 Å². The third-order valence-corrected chi connectivity index (χ3v) is 3.81. The van der Waals surface area contributed by atoms with Gasteiger partial charge in [0.1, 0.15) is 5.75 Å². The maximum atomic E-state index is 12.4. The molecule has 0 saturated carbocycles. The molecule has 5 nitrogen and oxygen atoms in total. The van der Waals surface area contributed by atoms with Crippen molar-refractivity contribution in [3.05, 3.63) is 65.5 Å². The zero-order valence-electron chi connectivity index (χ0n) is 14.2. The zero-order chi connectivity index (χ0) is 17.7. The Balaban J connectivity index is 2.10. The second kappa shape index (κ2) is 7.64. The van der Waals surface area contributed by atoms with Crippen molar-refractivity contribution >= 4 is 11.8 Å². The first-order valence-corrected chi connectivity index (χ1v) is 7.60. The van der Waals surface area contributed by atoms with Gasteiger partial charge < -0.3 is 14.0 Å². The largest absolute Gasteiger partial charge is 0.485 e. The lowest BCUT2D eigenvalue weighted by atomic mass is 10.1. The predicted octanol–water partition coefficient (Wildman–Crippen LogP) is 3.34. The summed E-state index contributed by atoms with van der Waals surface area (Å²) in [6.07, 6.45) is 1.79. The van der Waals surface area contributed by atoms with Gasteiger partial charge in [0.15, 0.2) is 6.61 Å². The quantitative estimate of drug-likeness (QED) is 0.445. The Bertz CT molecular complexity index is 774. The Kier molecular flexibility index (Phi) is 5.58. The molecule has 0 atom stereocenters. The van der Waals surface area contributed by atoms with Crippen LogP contribution in [0.5, 0.6) is 5.75 Å². The Morgan fingerprint density at radius 2 is 2.00 bits per heavy atom. The maximum Gasteiger partial charge on any atom is 0.337 e. The summed E-state index contributed by atoms with van der Waals surface area (Å²) < 4.78 is 12.2. The number of hydrogen-bond acceptors (Lipinski definition) is 4. The fourth-order valence-corrected chi connectivity index (χ4v) is 2.55. The van der Waals surface area contributed by atoms with Gasteiger partial charge in [0, 0.05) is 23.5 Å². The van der Waals surface area contributed by atoms with Crippen LogP contribution in [0.25, 0.3) is 0 Å². The molecular formula is C19H21NO4. The van der Waals surface area contributed by atoms with Crippen LogP contribution >= 0.6 is 0 Å². The van der Waals surface area contributed by atoms with E-state index in [2.05, 4.69) is 11.3 Å². The Labute approximate surface area is 141 Å². The number of aromatic nitrogens is 1. The van der Waals surface area contributed by atoms with E-state index in [1.165, 1.54) is 7.11 Å². The molecule has 2 aromatic rings. The van der Waals surface area contributed by atoms with Crippen LogP contribution in [-0.4, -0.2) is 30.0 Å². The van der Waals surface area contributed by atoms with Gasteiger partial charge in [-0.1, -0.05) is 12.1 Å². The standard InChI is InChI=1S/C19H21NO4/c1-5-9-20-13(2)10-17(14(20)3)18(21)12-24-16-8-6-7-15(11-16)19(22)23-4/h5-8,10-11H,1,9,12H2,2-4H3. The van der Waals surface area contributed by atoms with Gasteiger partial charge in [-0.15, -0.1) is 6.58 Å². The summed E-state index contributed by atoms with van der Waals surface area (Å²) in [7, 11) is 1.32. The first-order valence-electron chi connectivity index (χ1n) is 7.60. The number of aryl methyl sites for hydroxylation is 1. The molecule has 0 spiro atoms. The lowest BCUT2D eigenvalue weighted by Crippen LogP contribution is -2.13. The molecule has 1 aromatic carbocycles. The summed E-state index contributed by atoms with van der Waals surface area (Å²) in [5.74, 6) is -0.104. The van der Waals surface area contributed by atoms with E-state index >= 15 is 0 Å². The highest BCUT2D eigenvalue weighted by molar-refractivity contribution is 5.98. The van der Waals surface area contributed by atoms with Crippen molar-refractivity contribution in [3.63, 3.8) is 0 Å². The van der Waals surface area contributed by atoms with E-state index in [-0.39, 0.29) is 12.4 Å². The van der Waals surface area contributed by atoms with Gasteiger partial charge in [0.25, 0.3) is 0 Å². The van der Waals surface area contributed by atoms with E-state index in [1.54, 1.807) is 30.3 Å². The van der Waals surface area contributed by atoms with Gasteiger partial charge in [-0.2, -0.15) is 0 Å². The van der Waals surface area contributed by atoms with Gasteiger partial charge >= 0.3 is 5.97 Å². The lowest BCUT2D eigenvalue weighted by molar-refractivity contribution is 0.0600. The van der Waals surface area contributed by atoms with Gasteiger partial charge in [0.05, 0.1) is 12.7 Å². The third kappa shape index (κ3) is 3.74. The highest BCUT2D eigenvalue weighted by atomic mass is 16.5. The second-order valence-electron chi connectivity index (χ2n) is 5.42. The molecule has 0 unspecified atom stereocenters. The smallest absolute Gasteiger partial charge is 0.337 e. The summed E-state index contributed by atoms with van der Waals surface area (Å²) in [5, 5.41) is 0. The minimum absolute atomic E-state index is 0.0942. The lowest BCUT2D eigenvalue weighted by Gasteiger charge is -2.08. The normalized spacial score (nSPS) is 10.3. The van der Waals surface area contributed by atoms with Crippen molar-refractivity contribution in [1.82, 2.24) is 4.57 Å². The van der Waals surface area contributed by atoms with Crippen LogP contribution < -0.4 is 4.74 Å². The van der Waals surface area contributed by atoms with Crippen LogP contribution in [-0.2, 0) is 11.3 Å². The second-order valence-corrected chi connectivity index (χ2v) is 5.42. The van der Waals surface area contributed by atoms with Gasteiger partial charge in [-0.3, -0.25) is 4.79 Å². The molecule has 2 rings (SSSR count). The Morgan fingerprint density at radius 3 is 2.67 bits per heavy atom. The Hall–Kier alpha value is -2.82. The van der Waals surface area contributed by atoms with E-state index in [9.17, 15) is 9.59 Å². The molecule has 1 aromatic heterocycles. The summed E-state index contributed by atoms with van der Waals surface area (Å²) >= 11 is 0. The molecule has 0 aliphatic rings. The molecule has 0 radical (unpaired) electrons. The van der Waals surface area contributed by atoms with Gasteiger partial charge in [0.2, 0.25) is 5.78 Å². The van der Waals surface area contributed by atoms with Crippen molar-refractivity contribution in [2.45, 2.75) is 20.4 Å². The number of benzene rings is 1. The van der Waals surface area contributed by atoms with Crippen molar-refractivity contribution in [2.75, 3.05) is 13.7 Å². The first kappa shape index (κ1) is 17.5. The van der Waals surface area contributed by atoms with Crippen molar-refractivity contribution < 1.29 is 19.1 Å². The average molecular weight is 327 g/mol. The van der Waals surface area contributed by atoms with Crippen molar-refractivity contribution in [3.8, 4) is 5.75 Å². The van der Waals surface area contributed by atoms with Crippen LogP contribution in [0.2, 0.25) is 0 Å². The van der Waals surface area contributed by atoms with E-state index in [1.807, 2.05) is 24.5 Å². The van der Waals surface area contributed by atoms with Crippen LogP contribution in [0.15, 0.2) is 43.0 Å². The van der Waals surface area contributed by atoms with Crippen LogP contribution in [0, 0.1) is 13.8 Å². The van der Waals surface area contributed by atoms with Gasteiger partial charge in [-0.25, -0.2) is 4.79 Å². The minimum atomic E-state index is -0.445. The molecule has 0 aliphatic heterocycles. The molecule has 1 heterocycles. The molecule has 0 N–H and O–H groups in total. The van der Waals surface area contributed by atoms with Crippen molar-refractivity contribution in [2.24, 2.45) is 0 Å². The number of Topliss-reactive ketones (excluding diaryl/α,β-unsaturated/α-hetero) is 1. The summed E-state index contributed by atoms with van der Waals surface area (Å²) in [6.45, 7) is 8.15. The highest BCUT2D eigenvalue weighted by Crippen LogP contribution is 2.18. The highest BCUT2D eigenvalue weighted by Gasteiger charge is 2.16. The number of carbonyl (C=O) groups is 2. The topological polar surface area (TPSA) is 57.5 Å². The zero-order valence-corrected chi connectivity index (χ0v) is 14.2.